The van der Waals surface area contributed by atoms with Crippen LogP contribution in [0.1, 0.15) is 44.6 Å². The normalized spacial score (nSPS) is 43.3. The predicted octanol–water partition coefficient (Wildman–Crippen LogP) is 2.61. The number of aliphatic hydroxyl groups is 1. The Labute approximate surface area is 216 Å². The van der Waals surface area contributed by atoms with Gasteiger partial charge in [0.25, 0.3) is 0 Å². The van der Waals surface area contributed by atoms with E-state index in [0.29, 0.717) is 5.69 Å². The molecule has 1 saturated heterocycles. The van der Waals surface area contributed by atoms with Gasteiger partial charge >= 0.3 is 11.9 Å². The summed E-state index contributed by atoms with van der Waals surface area (Å²) in [5.74, 6) is -3.16. The summed E-state index contributed by atoms with van der Waals surface area (Å²) in [6.45, 7) is 7.17. The number of ketones is 1. The number of cyclic esters (lactones) is 1. The van der Waals surface area contributed by atoms with Crippen molar-refractivity contribution in [3.05, 3.63) is 47.8 Å². The van der Waals surface area contributed by atoms with Crippen molar-refractivity contribution in [2.45, 2.75) is 70.2 Å². The van der Waals surface area contributed by atoms with Gasteiger partial charge in [-0.05, 0) is 38.0 Å². The van der Waals surface area contributed by atoms with E-state index in [2.05, 4.69) is 4.98 Å². The highest BCUT2D eigenvalue weighted by atomic mass is 16.6. The highest BCUT2D eigenvalue weighted by molar-refractivity contribution is 5.91. The molecule has 9 heteroatoms. The minimum Gasteiger partial charge on any atom is -0.457 e. The summed E-state index contributed by atoms with van der Waals surface area (Å²) in [4.78, 5) is 42.7. The summed E-state index contributed by atoms with van der Waals surface area (Å²) in [5, 5.41) is 10.4. The van der Waals surface area contributed by atoms with Crippen LogP contribution in [0.4, 0.5) is 0 Å². The third-order valence-corrected chi connectivity index (χ3v) is 8.70. The average Bonchev–Trinajstić information content (AvgIpc) is 3.46. The van der Waals surface area contributed by atoms with Gasteiger partial charge in [-0.2, -0.15) is 0 Å². The van der Waals surface area contributed by atoms with Crippen LogP contribution < -0.4 is 0 Å². The highest BCUT2D eigenvalue weighted by Gasteiger charge is 2.69. The van der Waals surface area contributed by atoms with Crippen LogP contribution in [0.3, 0.4) is 0 Å². The molecule has 9 nitrogen and oxygen atoms in total. The number of nitrogens with one attached hydrogen (secondary N) is 1. The van der Waals surface area contributed by atoms with Crippen molar-refractivity contribution in [2.24, 2.45) is 29.6 Å². The van der Waals surface area contributed by atoms with Crippen LogP contribution in [0.25, 0.3) is 0 Å². The number of aromatic nitrogens is 1. The number of aliphatic hydroxyl groups excluding tert-OH is 1. The molecule has 3 heterocycles. The molecule has 37 heavy (non-hydrogen) atoms. The van der Waals surface area contributed by atoms with Crippen LogP contribution in [-0.2, 0) is 28.5 Å². The Hall–Kier alpha value is -2.75. The molecular weight excluding hydrogens is 478 g/mol. The molecule has 5 rings (SSSR count). The SMILES string of the molecule is CO[C@H]1C[C@H]2C=C[C@H]3[C@H]4O[C@]2(/C(C)=C/[C@@H](C)[C@@H]([C@@H](C)O)OC1=O)[C@@H]3C(=O)[C@@H](C)[C@H]4OC(=O)c1ccc[nH]1. The largest absolute Gasteiger partial charge is 0.457 e. The lowest BCUT2D eigenvalue weighted by molar-refractivity contribution is -0.172. The van der Waals surface area contributed by atoms with Crippen molar-refractivity contribution in [1.82, 2.24) is 4.98 Å². The average molecular weight is 514 g/mol. The van der Waals surface area contributed by atoms with Gasteiger partial charge in [-0.15, -0.1) is 0 Å². The van der Waals surface area contributed by atoms with Crippen LogP contribution in [0.15, 0.2) is 42.1 Å². The van der Waals surface area contributed by atoms with Gasteiger partial charge < -0.3 is 29.0 Å². The van der Waals surface area contributed by atoms with E-state index in [1.807, 2.05) is 32.1 Å². The second-order valence-electron chi connectivity index (χ2n) is 10.9. The number of methoxy groups -OCH3 is 1. The van der Waals surface area contributed by atoms with E-state index in [1.165, 1.54) is 7.11 Å². The number of H-pyrrole nitrogens is 1. The highest BCUT2D eigenvalue weighted by Crippen LogP contribution is 2.60. The summed E-state index contributed by atoms with van der Waals surface area (Å²) >= 11 is 0. The van der Waals surface area contributed by atoms with E-state index in [0.717, 1.165) is 5.57 Å². The van der Waals surface area contributed by atoms with Crippen molar-refractivity contribution < 1.29 is 38.4 Å². The molecule has 4 aliphatic rings. The molecule has 0 amide bonds. The van der Waals surface area contributed by atoms with Crippen LogP contribution in [0, 0.1) is 29.6 Å². The van der Waals surface area contributed by atoms with Gasteiger partial charge in [-0.25, -0.2) is 9.59 Å². The number of carbonyl (C=O) groups excluding carboxylic acids is 3. The maximum atomic E-state index is 14.0. The molecule has 2 aliphatic carbocycles. The molecule has 0 unspecified atom stereocenters. The fourth-order valence-corrected chi connectivity index (χ4v) is 6.91. The Balaban J connectivity index is 1.58. The summed E-state index contributed by atoms with van der Waals surface area (Å²) in [6.07, 6.45) is 3.92. The maximum absolute atomic E-state index is 14.0. The van der Waals surface area contributed by atoms with E-state index in [-0.39, 0.29) is 30.0 Å². The summed E-state index contributed by atoms with van der Waals surface area (Å²) in [5.41, 5.74) is 0.111. The first-order chi connectivity index (χ1) is 17.6. The van der Waals surface area contributed by atoms with E-state index >= 15 is 0 Å². The Morgan fingerprint density at radius 2 is 2.03 bits per heavy atom. The summed E-state index contributed by atoms with van der Waals surface area (Å²) in [6, 6.07) is 3.33. The number of hydrogen-bond acceptors (Lipinski definition) is 8. The topological polar surface area (TPSA) is 124 Å². The zero-order valence-corrected chi connectivity index (χ0v) is 21.7. The first-order valence-corrected chi connectivity index (χ1v) is 12.9. The molecule has 2 N–H and O–H groups in total. The third kappa shape index (κ3) is 3.99. The van der Waals surface area contributed by atoms with Crippen LogP contribution in [0.5, 0.6) is 0 Å². The quantitative estimate of drug-likeness (QED) is 0.465. The van der Waals surface area contributed by atoms with Gasteiger partial charge in [0, 0.05) is 31.1 Å². The van der Waals surface area contributed by atoms with E-state index in [1.54, 1.807) is 32.2 Å². The number of carbonyl (C=O) groups is 3. The maximum Gasteiger partial charge on any atom is 0.355 e. The number of esters is 2. The molecule has 200 valence electrons. The zero-order valence-electron chi connectivity index (χ0n) is 21.7. The molecule has 2 aliphatic heterocycles. The third-order valence-electron chi connectivity index (χ3n) is 8.70. The van der Waals surface area contributed by atoms with Gasteiger partial charge in [0.15, 0.2) is 6.10 Å². The second-order valence-corrected chi connectivity index (χ2v) is 10.9. The number of Topliss-reactive ketones (excluding diaryl/α,β-unsaturated/α-hetero) is 1. The molecular formula is C28H35NO8. The predicted molar refractivity (Wildman–Crippen MR) is 131 cm³/mol. The van der Waals surface area contributed by atoms with Gasteiger partial charge in [0.1, 0.15) is 35.4 Å². The van der Waals surface area contributed by atoms with Gasteiger partial charge in [-0.1, -0.05) is 32.1 Å². The minimum atomic E-state index is -1.03. The first-order valence-electron chi connectivity index (χ1n) is 12.9. The standard InChI is InChI=1S/C28H35NO8/c1-13-11-14(2)28-17(12-20(34-5)27(33)35-23(13)16(4)30)8-9-18-21(28)22(31)15(3)24(25(18)37-28)36-26(32)19-7-6-10-29-19/h6-11,13,15-18,20-21,23-25,29-30H,12H2,1-5H3/b14-11+/t13-,15-,16-,17-,18-,20+,21+,23+,24-,25-,28+/m1/s1. The Bertz CT molecular complexity index is 1120. The molecule has 4 bridgehead atoms. The van der Waals surface area contributed by atoms with E-state index in [9.17, 15) is 19.5 Å². The molecule has 1 spiro atoms. The fourth-order valence-electron chi connectivity index (χ4n) is 6.91. The minimum absolute atomic E-state index is 0.0292. The number of hydrogen-bond donors (Lipinski definition) is 2. The van der Waals surface area contributed by atoms with Crippen molar-refractivity contribution in [1.29, 1.82) is 0 Å². The molecule has 2 fully saturated rings. The van der Waals surface area contributed by atoms with Gasteiger partial charge in [0.2, 0.25) is 0 Å². The lowest BCUT2D eigenvalue weighted by Crippen LogP contribution is -2.55. The number of aromatic amines is 1. The molecule has 0 aromatic carbocycles. The number of rotatable bonds is 4. The monoisotopic (exact) mass is 513 g/mol. The molecule has 1 aromatic heterocycles. The van der Waals surface area contributed by atoms with Crippen LogP contribution in [-0.4, -0.2) is 71.0 Å². The van der Waals surface area contributed by atoms with Gasteiger partial charge in [0.05, 0.1) is 17.9 Å². The van der Waals surface area contributed by atoms with Crippen LogP contribution >= 0.6 is 0 Å². The van der Waals surface area contributed by atoms with Crippen molar-refractivity contribution in [3.63, 3.8) is 0 Å². The number of ether oxygens (including phenoxy) is 4. The van der Waals surface area contributed by atoms with Crippen molar-refractivity contribution in [2.75, 3.05) is 7.11 Å². The van der Waals surface area contributed by atoms with E-state index in [4.69, 9.17) is 18.9 Å². The lowest BCUT2D eigenvalue weighted by Gasteiger charge is -2.45. The van der Waals surface area contributed by atoms with Gasteiger partial charge in [-0.3, -0.25) is 4.79 Å². The zero-order chi connectivity index (χ0) is 26.6. The Morgan fingerprint density at radius 1 is 1.27 bits per heavy atom. The second kappa shape index (κ2) is 9.53. The molecule has 11 atom stereocenters. The lowest BCUT2D eigenvalue weighted by atomic mass is 9.58. The first kappa shape index (κ1) is 25.9. The summed E-state index contributed by atoms with van der Waals surface area (Å²) < 4.78 is 24.0. The Morgan fingerprint density at radius 3 is 2.68 bits per heavy atom. The molecule has 1 aromatic rings. The van der Waals surface area contributed by atoms with Crippen molar-refractivity contribution in [3.8, 4) is 0 Å². The fraction of sp³-hybridized carbons (Fsp3) is 0.607. The van der Waals surface area contributed by atoms with Crippen LogP contribution in [0.2, 0.25) is 0 Å². The smallest absolute Gasteiger partial charge is 0.355 e. The summed E-state index contributed by atoms with van der Waals surface area (Å²) in [7, 11) is 1.44. The Kier molecular flexibility index (Phi) is 6.66. The molecule has 1 saturated carbocycles. The molecule has 0 radical (unpaired) electrons. The van der Waals surface area contributed by atoms with E-state index < -0.39 is 59.9 Å². The van der Waals surface area contributed by atoms with Crippen molar-refractivity contribution >= 4 is 17.7 Å².